The van der Waals surface area contributed by atoms with Crippen molar-refractivity contribution in [3.05, 3.63) is 388 Å². The summed E-state index contributed by atoms with van der Waals surface area (Å²) in [6, 6.07) is 79.5. The number of nitrogens with two attached hydrogens (primary N) is 1. The maximum Gasteiger partial charge on any atom is 0.416 e. The van der Waals surface area contributed by atoms with Crippen LogP contribution in [-0.4, -0.2) is 114 Å². The van der Waals surface area contributed by atoms with E-state index in [1.807, 2.05) is 147 Å². The van der Waals surface area contributed by atoms with Crippen LogP contribution in [0.5, 0.6) is 0 Å². The van der Waals surface area contributed by atoms with Crippen LogP contribution < -0.4 is 40.9 Å². The van der Waals surface area contributed by atoms with Gasteiger partial charge in [0.2, 0.25) is 5.91 Å². The molecule has 0 bridgehead atoms. The molecular formula is C105H99F3N18O4. The molecule has 3 amide bonds. The van der Waals surface area contributed by atoms with Gasteiger partial charge in [-0.25, -0.2) is 0 Å². The van der Waals surface area contributed by atoms with Gasteiger partial charge in [-0.2, -0.15) is 38.7 Å². The number of nitrogens with zero attached hydrogens (tertiary/aromatic N) is 10. The Morgan fingerprint density at radius 3 is 0.915 bits per heavy atom. The summed E-state index contributed by atoms with van der Waals surface area (Å²) in [4.78, 5) is 47.0. The first-order chi connectivity index (χ1) is 63.4. The molecule has 1 saturated carbocycles. The van der Waals surface area contributed by atoms with Crippen LogP contribution >= 0.6 is 0 Å². The number of fused-ring (bicyclic) bond motifs is 5. The van der Waals surface area contributed by atoms with Gasteiger partial charge in [-0.1, -0.05) is 121 Å². The number of nitrogens with one attached hydrogen (secondary N) is 7. The third kappa shape index (κ3) is 19.9. The van der Waals surface area contributed by atoms with Crippen LogP contribution in [0.2, 0.25) is 0 Å². The van der Waals surface area contributed by atoms with Crippen molar-refractivity contribution < 1.29 is 32.7 Å². The molecular weight excluding hydrogens is 1630 g/mol. The van der Waals surface area contributed by atoms with Gasteiger partial charge in [0.15, 0.2) is 0 Å². The molecule has 6 aliphatic rings. The number of anilines is 6. The number of aliphatic hydroxyl groups is 1. The summed E-state index contributed by atoms with van der Waals surface area (Å²) in [6.45, 7) is 8.97. The summed E-state index contributed by atoms with van der Waals surface area (Å²) in [5.41, 5.74) is 38.2. The van der Waals surface area contributed by atoms with Crippen LogP contribution in [-0.2, 0) is 76.6 Å². The molecule has 25 heteroatoms. The minimum Gasteiger partial charge on any atom is -0.385 e. The smallest absolute Gasteiger partial charge is 0.385 e. The van der Waals surface area contributed by atoms with Gasteiger partial charge in [-0.05, 0) is 262 Å². The number of alkyl halides is 3. The largest absolute Gasteiger partial charge is 0.416 e. The van der Waals surface area contributed by atoms with E-state index in [9.17, 15) is 32.7 Å². The molecule has 0 radical (unpaired) electrons. The van der Waals surface area contributed by atoms with E-state index in [0.29, 0.717) is 23.2 Å². The molecule has 0 saturated heterocycles. The molecule has 22 nitrogen and oxygen atoms in total. The second kappa shape index (κ2) is 38.4. The lowest BCUT2D eigenvalue weighted by Crippen LogP contribution is -2.33. The van der Waals surface area contributed by atoms with E-state index < -0.39 is 17.3 Å². The number of aromatic amines is 5. The topological polar surface area (TPSA) is 281 Å². The third-order valence-electron chi connectivity index (χ3n) is 25.3. The minimum atomic E-state index is -4.29. The Kier molecular flexibility index (Phi) is 25.3. The number of benzene rings is 11. The predicted molar refractivity (Wildman–Crippen MR) is 505 cm³/mol. The molecule has 16 aromatic rings. The van der Waals surface area contributed by atoms with Gasteiger partial charge in [-0.15, -0.1) is 0 Å². The summed E-state index contributed by atoms with van der Waals surface area (Å²) in [5, 5.41) is 50.4. The number of para-hydroxylation sites is 1. The Morgan fingerprint density at radius 2 is 0.654 bits per heavy atom. The minimum absolute atomic E-state index is 0.0511. The van der Waals surface area contributed by atoms with Gasteiger partial charge in [-0.3, -0.25) is 39.9 Å². The maximum absolute atomic E-state index is 12.7. The number of hydrogen-bond donors (Lipinski definition) is 9. The van der Waals surface area contributed by atoms with E-state index in [1.54, 1.807) is 37.5 Å². The standard InChI is InChI=1S/C25H22N4O.C22H23N3O.C20H20N4O.C19H16F3N3.C19H18N4O/c30-25(28-23-4-2-1-3-5-23)19-8-6-18(7-9-19)17-29-13-12-21-14-20(10-11-24(21)29)22-15-26-27-16-22;26-22(9-1-10-22)20-5-2-16(3-6-20)15-25-11-8-18-12-17(4-7-21(18)25)19-13-23-24-14-19;1-21-20(25)15-4-2-14(3-5-15)13-24-9-8-17-10-16(6-7-19(17)24)18-11-22-23-12-18;20-19(21,22)17-4-1-13(2-5-17)12-25-8-7-15-9-14(3-6-18(15)25)16-10-23-24-11-16;20-19(24)14-3-1-13(2-4-14)12-23-8-7-16-9-15(5-6-18(16)23)17-10-21-22-11-17/h1-11,14-16H,12-13,17H2,(H,26,27)(H,28,30);2-7,12-14,26H,1,8-11,15H2,(H,23,24);2-7,10-12H,8-9,13H2,1H3,(H,21,25)(H,22,23);1-6,9-11H,7-8,12H2,(H,23,24);1-6,9-11H,7-8,12H2,(H2,20,24)(H,21,22). The Hall–Kier alpha value is -15.4. The highest BCUT2D eigenvalue weighted by Gasteiger charge is 2.37. The average Bonchev–Trinajstić information content (AvgIpc) is 1.12. The van der Waals surface area contributed by atoms with Gasteiger partial charge < -0.3 is 46.0 Å². The number of carbonyl (C=O) groups is 3. The van der Waals surface area contributed by atoms with Gasteiger partial charge in [0, 0.05) is 182 Å². The number of aromatic nitrogens is 10. The molecule has 1 fully saturated rings. The van der Waals surface area contributed by atoms with Crippen molar-refractivity contribution in [2.75, 3.05) is 69.6 Å². The fourth-order valence-electron chi connectivity index (χ4n) is 17.9. The van der Waals surface area contributed by atoms with E-state index in [0.717, 1.165) is 178 Å². The van der Waals surface area contributed by atoms with Crippen molar-refractivity contribution in [3.63, 3.8) is 0 Å². The molecule has 22 rings (SSSR count). The zero-order chi connectivity index (χ0) is 89.1. The van der Waals surface area contributed by atoms with Crippen molar-refractivity contribution in [1.29, 1.82) is 0 Å². The molecule has 10 N–H and O–H groups in total. The van der Waals surface area contributed by atoms with Gasteiger partial charge in [0.1, 0.15) is 0 Å². The third-order valence-corrected chi connectivity index (χ3v) is 25.3. The summed E-state index contributed by atoms with van der Waals surface area (Å²) >= 11 is 0. The fourth-order valence-corrected chi connectivity index (χ4v) is 17.9. The molecule has 5 aliphatic heterocycles. The van der Waals surface area contributed by atoms with Crippen LogP contribution in [0.3, 0.4) is 0 Å². The molecule has 0 unspecified atom stereocenters. The second-order valence-corrected chi connectivity index (χ2v) is 33.6. The predicted octanol–water partition coefficient (Wildman–Crippen LogP) is 19.3. The Bertz CT molecular complexity index is 6530. The highest BCUT2D eigenvalue weighted by atomic mass is 19.4. The first-order valence-electron chi connectivity index (χ1n) is 43.9. The molecule has 10 heterocycles. The Balaban J connectivity index is 0.000000110. The molecule has 130 heavy (non-hydrogen) atoms. The average molecular weight is 1730 g/mol. The first-order valence-corrected chi connectivity index (χ1v) is 43.9. The van der Waals surface area contributed by atoms with Crippen molar-refractivity contribution in [3.8, 4) is 55.6 Å². The zero-order valence-electron chi connectivity index (χ0n) is 72.0. The fraction of sp³-hybridized carbons (Fsp3) is 0.200. The monoisotopic (exact) mass is 1730 g/mol. The Labute approximate surface area is 751 Å². The number of H-pyrrole nitrogens is 5. The lowest BCUT2D eigenvalue weighted by molar-refractivity contribution is -0.137. The molecule has 5 aromatic heterocycles. The van der Waals surface area contributed by atoms with Crippen LogP contribution in [0.1, 0.15) is 117 Å². The quantitative estimate of drug-likeness (QED) is 0.0343. The number of carbonyl (C=O) groups excluding carboxylic acids is 3. The second-order valence-electron chi connectivity index (χ2n) is 33.6. The van der Waals surface area contributed by atoms with E-state index >= 15 is 0 Å². The SMILES string of the molecule is CNC(=O)c1ccc(CN2CCc3cc(-c4cn[nH]c4)ccc32)cc1.FC(F)(F)c1ccc(CN2CCc3cc(-c4cn[nH]c4)ccc32)cc1.NC(=O)c1ccc(CN2CCc3cc(-c4cn[nH]c4)ccc32)cc1.O=C(Nc1ccccc1)c1ccc(CN2CCc3cc(-c4cn[nH]c4)ccc32)cc1.OC1(c2ccc(CN3CCc4cc(-c5cn[nH]c5)ccc43)cc2)CCC1. The van der Waals surface area contributed by atoms with Crippen LogP contribution in [0.4, 0.5) is 47.3 Å². The first kappa shape index (κ1) is 85.4. The summed E-state index contributed by atoms with van der Waals surface area (Å²) in [6.07, 6.45) is 22.5. The number of primary amides is 1. The van der Waals surface area contributed by atoms with Gasteiger partial charge in [0.05, 0.1) is 42.1 Å². The van der Waals surface area contributed by atoms with E-state index in [-0.39, 0.29) is 17.7 Å². The normalized spacial score (nSPS) is 14.1. The number of halogens is 3. The van der Waals surface area contributed by atoms with Crippen LogP contribution in [0.25, 0.3) is 55.6 Å². The lowest BCUT2D eigenvalue weighted by atomic mass is 9.75. The zero-order valence-corrected chi connectivity index (χ0v) is 72.0. The maximum atomic E-state index is 12.7. The Morgan fingerprint density at radius 1 is 0.369 bits per heavy atom. The number of hydrogen-bond acceptors (Lipinski definition) is 14. The van der Waals surface area contributed by atoms with E-state index in [4.69, 9.17) is 5.73 Å². The van der Waals surface area contributed by atoms with Crippen molar-refractivity contribution in [2.45, 2.75) is 95.9 Å². The highest BCUT2D eigenvalue weighted by molar-refractivity contribution is 6.04. The van der Waals surface area contributed by atoms with Crippen molar-refractivity contribution >= 4 is 51.8 Å². The van der Waals surface area contributed by atoms with Crippen LogP contribution in [0, 0.1) is 0 Å². The summed E-state index contributed by atoms with van der Waals surface area (Å²) < 4.78 is 38.0. The van der Waals surface area contributed by atoms with E-state index in [1.165, 1.54) is 95.1 Å². The molecule has 11 aromatic carbocycles. The summed E-state index contributed by atoms with van der Waals surface area (Å²) in [7, 11) is 1.65. The number of rotatable bonds is 20. The molecule has 654 valence electrons. The number of amides is 3. The van der Waals surface area contributed by atoms with Gasteiger partial charge >= 0.3 is 6.18 Å². The molecule has 1 aliphatic carbocycles. The molecule has 0 spiro atoms. The summed E-state index contributed by atoms with van der Waals surface area (Å²) in [5.74, 6) is -0.532. The van der Waals surface area contributed by atoms with Crippen molar-refractivity contribution in [2.24, 2.45) is 5.73 Å². The molecule has 0 atom stereocenters. The van der Waals surface area contributed by atoms with Crippen molar-refractivity contribution in [1.82, 2.24) is 56.3 Å². The lowest BCUT2D eigenvalue weighted by Gasteiger charge is -2.37. The van der Waals surface area contributed by atoms with Gasteiger partial charge in [0.25, 0.3) is 11.8 Å². The highest BCUT2D eigenvalue weighted by Crippen LogP contribution is 2.43. The van der Waals surface area contributed by atoms with Crippen LogP contribution in [0.15, 0.2) is 305 Å². The van der Waals surface area contributed by atoms with E-state index in [2.05, 4.69) is 201 Å².